The molecule has 5 heterocycles. The Hall–Kier alpha value is -19.1. The first-order chi connectivity index (χ1) is 71.5. The summed E-state index contributed by atoms with van der Waals surface area (Å²) in [4.78, 5) is 4.42. The SMILES string of the molecule is c1ccc2cc(-c3c4ccccc4c(-c4ccc(-c5cc6ccccc6c6ccccc56)c5oc6ccccc6c45)c4ccccc34)ccc2c1.c1ccc2cc(-c3c4ccccc4c(-c4ccc(-c5cccc6oc7ccccc7c56)c5oc6ccccc6c45)c4ccccc34)ccc2c1.c1cncc(-c2cc(-c3c4ccccc4c(-c4ccc5ccccc5c4)c4ccccc34)c3c(c2)oc2ccccc23)c1. The van der Waals surface area contributed by atoms with Crippen LogP contribution in [0.3, 0.4) is 0 Å². The van der Waals surface area contributed by atoms with Crippen molar-refractivity contribution in [3.05, 3.63) is 504 Å². The second-order valence-electron chi connectivity index (χ2n) is 37.8. The summed E-state index contributed by atoms with van der Waals surface area (Å²) in [6.45, 7) is 0. The standard InChI is InChI=1S/C50H30O.C48H28O2.C41H25NO/c1-2-14-32-29-34(26-25-31(32)13-1)47-38-19-7-9-21-40(38)48(41-22-10-8-20-39(41)47)44-28-27-42(50-49(44)43-23-11-12-24-46(43)51-50)45-30-33-15-3-4-16-35(33)36-17-5-6-18-37(36)45;1-2-13-30-28-31(25-24-29(30)12-1)44-32-14-3-5-16-34(32)45(35-17-6-4-15-33(35)44)40-27-26-37(48-47(40)39-19-8-10-22-42(39)50-48)36-20-11-23-43-46(36)38-18-7-9-21-41(38)49-43;1-2-11-27-22-28(20-19-26(27)10-1)39-31-13-3-5-15-33(31)40(34-16-6-4-14-32(34)39)36-23-30(29-12-9-21-42-25-29)24-38-41(36)35-17-7-8-18-37(35)43-38/h1-30H;1-28H;1-25H. The van der Waals surface area contributed by atoms with Gasteiger partial charge in [0.1, 0.15) is 44.7 Å². The summed E-state index contributed by atoms with van der Waals surface area (Å²) in [5, 5.41) is 36.2. The summed E-state index contributed by atoms with van der Waals surface area (Å²) in [6, 6.07) is 177. The molecule has 31 rings (SSSR count). The van der Waals surface area contributed by atoms with E-state index in [0.717, 1.165) is 121 Å². The Labute approximate surface area is 826 Å². The smallest absolute Gasteiger partial charge is 0.143 e. The van der Waals surface area contributed by atoms with E-state index in [-0.39, 0.29) is 0 Å². The molecule has 0 N–H and O–H groups in total. The van der Waals surface area contributed by atoms with E-state index in [0.29, 0.717) is 0 Å². The van der Waals surface area contributed by atoms with Crippen LogP contribution in [-0.4, -0.2) is 4.98 Å². The van der Waals surface area contributed by atoms with Crippen molar-refractivity contribution in [3.63, 3.8) is 0 Å². The van der Waals surface area contributed by atoms with Crippen LogP contribution < -0.4 is 0 Å². The second-order valence-corrected chi connectivity index (χ2v) is 37.8. The first kappa shape index (κ1) is 82.0. The van der Waals surface area contributed by atoms with Crippen molar-refractivity contribution in [1.82, 2.24) is 4.98 Å². The van der Waals surface area contributed by atoms with Gasteiger partial charge < -0.3 is 17.7 Å². The molecule has 31 aromatic rings. The highest BCUT2D eigenvalue weighted by molar-refractivity contribution is 6.32. The molecule has 0 fully saturated rings. The Morgan fingerprint density at radius 1 is 0.132 bits per heavy atom. The van der Waals surface area contributed by atoms with Gasteiger partial charge in [-0.25, -0.2) is 0 Å². The quantitative estimate of drug-likeness (QED) is 0.106. The fraction of sp³-hybridized carbons (Fsp3) is 0. The Morgan fingerprint density at radius 2 is 0.438 bits per heavy atom. The third-order valence-corrected chi connectivity index (χ3v) is 30.0. The molecule has 0 aliphatic carbocycles. The molecule has 0 bridgehead atoms. The van der Waals surface area contributed by atoms with Crippen molar-refractivity contribution in [3.8, 4) is 100 Å². The largest absolute Gasteiger partial charge is 0.456 e. The van der Waals surface area contributed by atoms with E-state index in [2.05, 4.69) is 472 Å². The lowest BCUT2D eigenvalue weighted by atomic mass is 9.83. The van der Waals surface area contributed by atoms with E-state index in [1.54, 1.807) is 0 Å². The van der Waals surface area contributed by atoms with Gasteiger partial charge in [0.15, 0.2) is 0 Å². The minimum Gasteiger partial charge on any atom is -0.456 e. The van der Waals surface area contributed by atoms with E-state index >= 15 is 0 Å². The van der Waals surface area contributed by atoms with Gasteiger partial charge in [0.2, 0.25) is 0 Å². The van der Waals surface area contributed by atoms with Gasteiger partial charge in [-0.05, 0) is 287 Å². The number of benzene rings is 26. The summed E-state index contributed by atoms with van der Waals surface area (Å²) in [5.74, 6) is 0. The lowest BCUT2D eigenvalue weighted by Crippen LogP contribution is -1.92. The number of para-hydroxylation sites is 4. The summed E-state index contributed by atoms with van der Waals surface area (Å²) >= 11 is 0. The predicted molar refractivity (Wildman–Crippen MR) is 608 cm³/mol. The molecule has 144 heavy (non-hydrogen) atoms. The Bertz CT molecular complexity index is 10600. The van der Waals surface area contributed by atoms with E-state index in [4.69, 9.17) is 17.7 Å². The average molecular weight is 1830 g/mol. The number of hydrogen-bond donors (Lipinski definition) is 0. The van der Waals surface area contributed by atoms with Gasteiger partial charge in [0.05, 0.1) is 0 Å². The highest BCUT2D eigenvalue weighted by atomic mass is 16.3. The summed E-state index contributed by atoms with van der Waals surface area (Å²) < 4.78 is 26.6. The van der Waals surface area contributed by atoms with Crippen molar-refractivity contribution < 1.29 is 17.7 Å². The molecule has 0 amide bonds. The second kappa shape index (κ2) is 33.4. The van der Waals surface area contributed by atoms with Gasteiger partial charge in [-0.3, -0.25) is 4.98 Å². The third-order valence-electron chi connectivity index (χ3n) is 30.0. The fourth-order valence-electron chi connectivity index (χ4n) is 23.7. The highest BCUT2D eigenvalue weighted by Crippen LogP contribution is 2.56. The van der Waals surface area contributed by atoms with Crippen LogP contribution in [0.25, 0.3) is 306 Å². The zero-order valence-corrected chi connectivity index (χ0v) is 78.0. The molecule has 0 saturated carbocycles. The predicted octanol–water partition coefficient (Wildman–Crippen LogP) is 39.7. The number of aromatic nitrogens is 1. The lowest BCUT2D eigenvalue weighted by molar-refractivity contribution is 0.668. The van der Waals surface area contributed by atoms with E-state index in [1.165, 1.54) is 185 Å². The summed E-state index contributed by atoms with van der Waals surface area (Å²) in [7, 11) is 0. The van der Waals surface area contributed by atoms with Crippen LogP contribution >= 0.6 is 0 Å². The number of pyridine rings is 1. The van der Waals surface area contributed by atoms with Gasteiger partial charge in [-0.15, -0.1) is 0 Å². The van der Waals surface area contributed by atoms with Gasteiger partial charge >= 0.3 is 0 Å². The molecular formula is C139H83NO4. The first-order valence-corrected chi connectivity index (χ1v) is 49.3. The zero-order chi connectivity index (χ0) is 94.6. The minimum atomic E-state index is 0.873. The van der Waals surface area contributed by atoms with Crippen molar-refractivity contribution in [2.24, 2.45) is 0 Å². The van der Waals surface area contributed by atoms with E-state index in [9.17, 15) is 0 Å². The average Bonchev–Trinajstić information content (AvgIpc) is 1.42. The molecule has 5 nitrogen and oxygen atoms in total. The molecule has 0 saturated heterocycles. The lowest BCUT2D eigenvalue weighted by Gasteiger charge is -2.19. The van der Waals surface area contributed by atoms with Crippen LogP contribution in [-0.2, 0) is 0 Å². The Balaban J connectivity index is 0.000000103. The van der Waals surface area contributed by atoms with E-state index in [1.807, 2.05) is 36.7 Å². The van der Waals surface area contributed by atoms with Gasteiger partial charge in [-0.1, -0.05) is 406 Å². The van der Waals surface area contributed by atoms with Gasteiger partial charge in [-0.2, -0.15) is 0 Å². The molecule has 5 aromatic heterocycles. The van der Waals surface area contributed by atoms with Crippen LogP contribution in [0.4, 0.5) is 0 Å². The van der Waals surface area contributed by atoms with Crippen LogP contribution in [0.1, 0.15) is 0 Å². The Kier molecular flexibility index (Phi) is 19.0. The van der Waals surface area contributed by atoms with Crippen molar-refractivity contribution in [2.45, 2.75) is 0 Å². The molecular weight excluding hydrogens is 1750 g/mol. The molecule has 668 valence electrons. The maximum Gasteiger partial charge on any atom is 0.143 e. The van der Waals surface area contributed by atoms with Crippen LogP contribution in [0.2, 0.25) is 0 Å². The topological polar surface area (TPSA) is 65.5 Å². The molecule has 0 radical (unpaired) electrons. The zero-order valence-electron chi connectivity index (χ0n) is 78.0. The van der Waals surface area contributed by atoms with Crippen molar-refractivity contribution >= 4 is 206 Å². The number of rotatable bonds is 9. The maximum absolute atomic E-state index is 6.92. The molecule has 5 heteroatoms. The summed E-state index contributed by atoms with van der Waals surface area (Å²) in [6.07, 6.45) is 3.74. The normalized spacial score (nSPS) is 11.9. The number of hydrogen-bond acceptors (Lipinski definition) is 5. The molecule has 0 aliphatic heterocycles. The van der Waals surface area contributed by atoms with Crippen LogP contribution in [0, 0.1) is 0 Å². The maximum atomic E-state index is 6.92. The van der Waals surface area contributed by atoms with Crippen molar-refractivity contribution in [1.29, 1.82) is 0 Å². The number of nitrogens with zero attached hydrogens (tertiary/aromatic N) is 1. The fourth-order valence-corrected chi connectivity index (χ4v) is 23.7. The number of furan rings is 4. The molecule has 0 aliphatic rings. The number of fused-ring (bicyclic) bond motifs is 24. The van der Waals surface area contributed by atoms with Crippen LogP contribution in [0.5, 0.6) is 0 Å². The monoisotopic (exact) mass is 1830 g/mol. The molecule has 0 atom stereocenters. The van der Waals surface area contributed by atoms with Crippen molar-refractivity contribution in [2.75, 3.05) is 0 Å². The van der Waals surface area contributed by atoms with E-state index < -0.39 is 0 Å². The first-order valence-electron chi connectivity index (χ1n) is 49.3. The molecule has 0 unspecified atom stereocenters. The molecule has 0 spiro atoms. The Morgan fingerprint density at radius 3 is 0.847 bits per heavy atom. The highest BCUT2D eigenvalue weighted by Gasteiger charge is 2.29. The van der Waals surface area contributed by atoms with Crippen LogP contribution in [0.15, 0.2) is 521 Å². The third kappa shape index (κ3) is 13.1. The van der Waals surface area contributed by atoms with Gasteiger partial charge in [0.25, 0.3) is 0 Å². The summed E-state index contributed by atoms with van der Waals surface area (Å²) in [5.41, 5.74) is 28.3. The minimum absolute atomic E-state index is 0.873. The molecule has 26 aromatic carbocycles. The van der Waals surface area contributed by atoms with Gasteiger partial charge in [0, 0.05) is 72.2 Å².